The number of rotatable bonds is 5. The highest BCUT2D eigenvalue weighted by Gasteiger charge is 2.15. The van der Waals surface area contributed by atoms with E-state index >= 15 is 0 Å². The van der Waals surface area contributed by atoms with Crippen molar-refractivity contribution in [2.75, 3.05) is 7.05 Å². The zero-order chi connectivity index (χ0) is 13.8. The number of aryl methyl sites for hydroxylation is 1. The van der Waals surface area contributed by atoms with Crippen molar-refractivity contribution >= 4 is 0 Å². The van der Waals surface area contributed by atoms with E-state index in [1.165, 1.54) is 12.1 Å². The molecule has 4 nitrogen and oxygen atoms in total. The second-order valence-electron chi connectivity index (χ2n) is 4.05. The van der Waals surface area contributed by atoms with E-state index < -0.39 is 6.61 Å². The molecule has 0 aliphatic heterocycles. The largest absolute Gasteiger partial charge is 0.435 e. The fraction of sp³-hybridized carbons (Fsp3) is 0.308. The highest BCUT2D eigenvalue weighted by atomic mass is 19.3. The van der Waals surface area contributed by atoms with Crippen LogP contribution in [0.25, 0.3) is 0 Å². The number of halogens is 2. The molecule has 1 atom stereocenters. The topological polar surface area (TPSA) is 39.1 Å². The second-order valence-corrected chi connectivity index (χ2v) is 4.05. The first-order chi connectivity index (χ1) is 9.11. The molecule has 2 rings (SSSR count). The smallest absolute Gasteiger partial charge is 0.387 e. The normalized spacial score (nSPS) is 12.7. The maximum absolute atomic E-state index is 12.1. The minimum absolute atomic E-state index is 0.0481. The van der Waals surface area contributed by atoms with E-state index in [0.717, 1.165) is 11.3 Å². The van der Waals surface area contributed by atoms with Gasteiger partial charge < -0.3 is 10.1 Å². The summed E-state index contributed by atoms with van der Waals surface area (Å²) in [5.41, 5.74) is 1.94. The van der Waals surface area contributed by atoms with Gasteiger partial charge in [-0.15, -0.1) is 0 Å². The molecule has 19 heavy (non-hydrogen) atoms. The van der Waals surface area contributed by atoms with Gasteiger partial charge in [-0.05, 0) is 30.8 Å². The van der Waals surface area contributed by atoms with Crippen molar-refractivity contribution in [3.05, 3.63) is 47.8 Å². The summed E-state index contributed by atoms with van der Waals surface area (Å²) in [4.78, 5) is 0. The Hall–Kier alpha value is -1.95. The Labute approximate surface area is 110 Å². The molecule has 102 valence electrons. The van der Waals surface area contributed by atoms with E-state index in [1.54, 1.807) is 23.0 Å². The average molecular weight is 267 g/mol. The van der Waals surface area contributed by atoms with Crippen LogP contribution in [0.5, 0.6) is 5.75 Å². The summed E-state index contributed by atoms with van der Waals surface area (Å²) in [6.45, 7) is -2.80. The summed E-state index contributed by atoms with van der Waals surface area (Å²) in [6.07, 6.45) is 1.72. The minimum atomic E-state index is -2.80. The average Bonchev–Trinajstić information content (AvgIpc) is 2.78. The summed E-state index contributed by atoms with van der Waals surface area (Å²) in [6, 6.07) is 8.43. The first-order valence-electron chi connectivity index (χ1n) is 5.81. The van der Waals surface area contributed by atoms with Crippen molar-refractivity contribution in [1.29, 1.82) is 0 Å². The number of alkyl halides is 2. The van der Waals surface area contributed by atoms with Crippen LogP contribution in [-0.4, -0.2) is 23.4 Å². The van der Waals surface area contributed by atoms with Gasteiger partial charge in [0.25, 0.3) is 0 Å². The van der Waals surface area contributed by atoms with Gasteiger partial charge in [0.15, 0.2) is 0 Å². The Bertz CT molecular complexity index is 525. The first kappa shape index (κ1) is 13.5. The van der Waals surface area contributed by atoms with Gasteiger partial charge in [-0.2, -0.15) is 13.9 Å². The number of aromatic nitrogens is 2. The lowest BCUT2D eigenvalue weighted by molar-refractivity contribution is -0.0498. The standard InChI is InChI=1S/C13H15F2N3O/c1-16-12(11-7-8-17-18(11)2)9-3-5-10(6-4-9)19-13(14)15/h3-8,12-13,16H,1-2H3. The van der Waals surface area contributed by atoms with Gasteiger partial charge in [-0.25, -0.2) is 0 Å². The first-order valence-corrected chi connectivity index (χ1v) is 5.81. The number of benzene rings is 1. The van der Waals surface area contributed by atoms with Crippen molar-refractivity contribution < 1.29 is 13.5 Å². The van der Waals surface area contributed by atoms with E-state index in [0.29, 0.717) is 0 Å². The highest BCUT2D eigenvalue weighted by Crippen LogP contribution is 2.23. The number of nitrogens with one attached hydrogen (secondary N) is 1. The zero-order valence-electron chi connectivity index (χ0n) is 10.7. The van der Waals surface area contributed by atoms with E-state index in [4.69, 9.17) is 0 Å². The molecule has 0 spiro atoms. The van der Waals surface area contributed by atoms with Gasteiger partial charge in [0.2, 0.25) is 0 Å². The molecule has 6 heteroatoms. The second kappa shape index (κ2) is 5.79. The molecule has 1 heterocycles. The lowest BCUT2D eigenvalue weighted by Crippen LogP contribution is -2.20. The molecule has 0 aliphatic carbocycles. The van der Waals surface area contributed by atoms with E-state index in [2.05, 4.69) is 15.2 Å². The van der Waals surface area contributed by atoms with Crippen molar-refractivity contribution in [1.82, 2.24) is 15.1 Å². The fourth-order valence-corrected chi connectivity index (χ4v) is 1.99. The van der Waals surface area contributed by atoms with Crippen LogP contribution >= 0.6 is 0 Å². The summed E-state index contributed by atoms with van der Waals surface area (Å²) in [5.74, 6) is 0.151. The van der Waals surface area contributed by atoms with Gasteiger partial charge in [-0.1, -0.05) is 12.1 Å². The molecule has 0 fully saturated rings. The highest BCUT2D eigenvalue weighted by molar-refractivity contribution is 5.33. The van der Waals surface area contributed by atoms with Gasteiger partial charge in [-0.3, -0.25) is 4.68 Å². The monoisotopic (exact) mass is 267 g/mol. The molecule has 1 aromatic carbocycles. The molecule has 2 aromatic rings. The molecule has 1 N–H and O–H groups in total. The molecule has 0 saturated carbocycles. The van der Waals surface area contributed by atoms with Crippen molar-refractivity contribution in [2.24, 2.45) is 7.05 Å². The molecular weight excluding hydrogens is 252 g/mol. The van der Waals surface area contributed by atoms with Gasteiger partial charge >= 0.3 is 6.61 Å². The van der Waals surface area contributed by atoms with Gasteiger partial charge in [0, 0.05) is 13.2 Å². The van der Waals surface area contributed by atoms with Crippen LogP contribution in [0.1, 0.15) is 17.3 Å². The van der Waals surface area contributed by atoms with Crippen LogP contribution in [0.3, 0.4) is 0 Å². The third-order valence-electron chi connectivity index (χ3n) is 2.88. The number of hydrogen-bond donors (Lipinski definition) is 1. The lowest BCUT2D eigenvalue weighted by atomic mass is 10.0. The van der Waals surface area contributed by atoms with Gasteiger partial charge in [0.05, 0.1) is 11.7 Å². The van der Waals surface area contributed by atoms with Crippen LogP contribution < -0.4 is 10.1 Å². The Kier molecular flexibility index (Phi) is 4.11. The van der Waals surface area contributed by atoms with Crippen molar-refractivity contribution in [2.45, 2.75) is 12.7 Å². The molecule has 0 amide bonds. The summed E-state index contributed by atoms with van der Waals surface area (Å²) in [5, 5.41) is 7.29. The summed E-state index contributed by atoms with van der Waals surface area (Å²) < 4.78 is 30.2. The van der Waals surface area contributed by atoms with E-state index in [-0.39, 0.29) is 11.8 Å². The molecule has 0 radical (unpaired) electrons. The fourth-order valence-electron chi connectivity index (χ4n) is 1.99. The molecular formula is C13H15F2N3O. The van der Waals surface area contributed by atoms with Crippen LogP contribution in [0.4, 0.5) is 8.78 Å². The minimum Gasteiger partial charge on any atom is -0.435 e. The predicted octanol–water partition coefficient (Wildman–Crippen LogP) is 2.33. The van der Waals surface area contributed by atoms with E-state index in [1.807, 2.05) is 20.2 Å². The molecule has 1 unspecified atom stereocenters. The maximum Gasteiger partial charge on any atom is 0.387 e. The number of nitrogens with zero attached hydrogens (tertiary/aromatic N) is 2. The Morgan fingerprint density at radius 3 is 2.37 bits per heavy atom. The zero-order valence-corrected chi connectivity index (χ0v) is 10.7. The summed E-state index contributed by atoms with van der Waals surface area (Å²) >= 11 is 0. The van der Waals surface area contributed by atoms with E-state index in [9.17, 15) is 8.78 Å². The van der Waals surface area contributed by atoms with Crippen LogP contribution in [-0.2, 0) is 7.05 Å². The lowest BCUT2D eigenvalue weighted by Gasteiger charge is -2.17. The summed E-state index contributed by atoms with van der Waals surface area (Å²) in [7, 11) is 3.69. The molecule has 1 aromatic heterocycles. The van der Waals surface area contributed by atoms with Crippen molar-refractivity contribution in [3.8, 4) is 5.75 Å². The quantitative estimate of drug-likeness (QED) is 0.903. The Morgan fingerprint density at radius 1 is 1.21 bits per heavy atom. The van der Waals surface area contributed by atoms with Gasteiger partial charge in [0.1, 0.15) is 5.75 Å². The molecule has 0 saturated heterocycles. The van der Waals surface area contributed by atoms with Crippen LogP contribution in [0.15, 0.2) is 36.5 Å². The number of ether oxygens (including phenoxy) is 1. The maximum atomic E-state index is 12.1. The molecule has 0 aliphatic rings. The number of hydrogen-bond acceptors (Lipinski definition) is 3. The molecule has 0 bridgehead atoms. The van der Waals surface area contributed by atoms with Crippen LogP contribution in [0, 0.1) is 0 Å². The third-order valence-corrected chi connectivity index (χ3v) is 2.88. The third kappa shape index (κ3) is 3.08. The predicted molar refractivity (Wildman–Crippen MR) is 67.2 cm³/mol. The van der Waals surface area contributed by atoms with Crippen molar-refractivity contribution in [3.63, 3.8) is 0 Å². The SMILES string of the molecule is CNC(c1ccc(OC(F)F)cc1)c1ccnn1C. The van der Waals surface area contributed by atoms with Crippen LogP contribution in [0.2, 0.25) is 0 Å². The Balaban J connectivity index is 2.22. The Morgan fingerprint density at radius 2 is 1.89 bits per heavy atom.